The molecule has 1 aliphatic rings. The SMILES string of the molecule is CCN(CC(=O)O)C1CCN(CC(=O)NCc2cccc(COC)c2)CC1.Cl. The van der Waals surface area contributed by atoms with Gasteiger partial charge in [-0.2, -0.15) is 0 Å². The smallest absolute Gasteiger partial charge is 0.317 e. The summed E-state index contributed by atoms with van der Waals surface area (Å²) in [6.45, 7) is 5.90. The third kappa shape index (κ3) is 8.14. The molecule has 1 aromatic rings. The van der Waals surface area contributed by atoms with Crippen molar-refractivity contribution in [2.45, 2.75) is 39.0 Å². The van der Waals surface area contributed by atoms with Crippen molar-refractivity contribution in [2.75, 3.05) is 39.8 Å². The highest BCUT2D eigenvalue weighted by molar-refractivity contribution is 5.85. The number of piperidine rings is 1. The molecular formula is C20H32ClN3O4. The zero-order chi connectivity index (χ0) is 19.6. The van der Waals surface area contributed by atoms with Gasteiger partial charge in [-0.25, -0.2) is 0 Å². The first-order valence-corrected chi connectivity index (χ1v) is 9.53. The van der Waals surface area contributed by atoms with E-state index in [9.17, 15) is 9.59 Å². The van der Waals surface area contributed by atoms with Crippen molar-refractivity contribution in [1.82, 2.24) is 15.1 Å². The second-order valence-corrected chi connectivity index (χ2v) is 6.99. The lowest BCUT2D eigenvalue weighted by atomic mass is 10.0. The molecule has 0 spiro atoms. The van der Waals surface area contributed by atoms with Crippen LogP contribution in [0.5, 0.6) is 0 Å². The predicted molar refractivity (Wildman–Crippen MR) is 111 cm³/mol. The fourth-order valence-electron chi connectivity index (χ4n) is 3.57. The van der Waals surface area contributed by atoms with Crippen LogP contribution in [0.1, 0.15) is 30.9 Å². The van der Waals surface area contributed by atoms with Crippen molar-refractivity contribution in [2.24, 2.45) is 0 Å². The normalized spacial score (nSPS) is 15.2. The number of hydrogen-bond acceptors (Lipinski definition) is 5. The highest BCUT2D eigenvalue weighted by Crippen LogP contribution is 2.16. The van der Waals surface area contributed by atoms with E-state index in [4.69, 9.17) is 9.84 Å². The summed E-state index contributed by atoms with van der Waals surface area (Å²) in [6.07, 6.45) is 1.79. The maximum Gasteiger partial charge on any atom is 0.317 e. The summed E-state index contributed by atoms with van der Waals surface area (Å²) < 4.78 is 5.13. The number of ether oxygens (including phenoxy) is 1. The summed E-state index contributed by atoms with van der Waals surface area (Å²) in [4.78, 5) is 27.3. The number of halogens is 1. The van der Waals surface area contributed by atoms with Crippen LogP contribution in [-0.2, 0) is 27.5 Å². The number of amides is 1. The first-order chi connectivity index (χ1) is 13.0. The van der Waals surface area contributed by atoms with Gasteiger partial charge in [0.1, 0.15) is 0 Å². The molecule has 2 N–H and O–H groups in total. The first kappa shape index (κ1) is 24.4. The molecule has 28 heavy (non-hydrogen) atoms. The summed E-state index contributed by atoms with van der Waals surface area (Å²) in [5.41, 5.74) is 2.15. The molecule has 1 aromatic carbocycles. The summed E-state index contributed by atoms with van der Waals surface area (Å²) >= 11 is 0. The second-order valence-electron chi connectivity index (χ2n) is 6.99. The van der Waals surface area contributed by atoms with Gasteiger partial charge in [0, 0.05) is 32.8 Å². The van der Waals surface area contributed by atoms with Gasteiger partial charge in [-0.1, -0.05) is 31.2 Å². The quantitative estimate of drug-likeness (QED) is 0.608. The Morgan fingerprint density at radius 2 is 1.96 bits per heavy atom. The number of methoxy groups -OCH3 is 1. The molecule has 1 fully saturated rings. The van der Waals surface area contributed by atoms with Crippen LogP contribution in [-0.4, -0.2) is 72.7 Å². The zero-order valence-electron chi connectivity index (χ0n) is 16.7. The van der Waals surface area contributed by atoms with Crippen LogP contribution in [0.15, 0.2) is 24.3 Å². The molecule has 8 heteroatoms. The molecule has 0 aliphatic carbocycles. The lowest BCUT2D eigenvalue weighted by Crippen LogP contribution is -2.48. The fourth-order valence-corrected chi connectivity index (χ4v) is 3.57. The van der Waals surface area contributed by atoms with E-state index < -0.39 is 5.97 Å². The van der Waals surface area contributed by atoms with Crippen LogP contribution < -0.4 is 5.32 Å². The highest BCUT2D eigenvalue weighted by atomic mass is 35.5. The molecule has 1 amide bonds. The number of nitrogens with one attached hydrogen (secondary N) is 1. The Bertz CT molecular complexity index is 621. The van der Waals surface area contributed by atoms with Gasteiger partial charge in [0.2, 0.25) is 5.91 Å². The molecule has 1 saturated heterocycles. The summed E-state index contributed by atoms with van der Waals surface area (Å²) in [5, 5.41) is 12.0. The van der Waals surface area contributed by atoms with E-state index in [2.05, 4.69) is 10.2 Å². The molecule has 7 nitrogen and oxygen atoms in total. The largest absolute Gasteiger partial charge is 0.480 e. The zero-order valence-corrected chi connectivity index (χ0v) is 17.5. The van der Waals surface area contributed by atoms with Gasteiger partial charge >= 0.3 is 5.97 Å². The molecule has 0 radical (unpaired) electrons. The predicted octanol–water partition coefficient (Wildman–Crippen LogP) is 1.74. The monoisotopic (exact) mass is 413 g/mol. The lowest BCUT2D eigenvalue weighted by molar-refractivity contribution is -0.139. The van der Waals surface area contributed by atoms with E-state index in [0.29, 0.717) is 19.7 Å². The van der Waals surface area contributed by atoms with E-state index in [-0.39, 0.29) is 30.9 Å². The number of likely N-dealkylation sites (N-methyl/N-ethyl adjacent to an activating group) is 1. The Kier molecular flexibility index (Phi) is 11.1. The molecule has 0 aromatic heterocycles. The van der Waals surface area contributed by atoms with Gasteiger partial charge in [-0.05, 0) is 30.5 Å². The van der Waals surface area contributed by atoms with E-state index in [1.165, 1.54) is 0 Å². The molecule has 0 bridgehead atoms. The molecular weight excluding hydrogens is 382 g/mol. The van der Waals surface area contributed by atoms with E-state index in [1.54, 1.807) is 7.11 Å². The number of aliphatic carboxylic acids is 1. The first-order valence-electron chi connectivity index (χ1n) is 9.53. The van der Waals surface area contributed by atoms with E-state index in [0.717, 1.165) is 43.6 Å². The van der Waals surface area contributed by atoms with Crippen LogP contribution in [0.3, 0.4) is 0 Å². The lowest BCUT2D eigenvalue weighted by Gasteiger charge is -2.37. The minimum atomic E-state index is -0.784. The van der Waals surface area contributed by atoms with Gasteiger partial charge in [-0.3, -0.25) is 19.4 Å². The number of carboxylic acids is 1. The maximum atomic E-state index is 12.2. The van der Waals surface area contributed by atoms with Crippen molar-refractivity contribution < 1.29 is 19.4 Å². The van der Waals surface area contributed by atoms with E-state index >= 15 is 0 Å². The third-order valence-electron chi connectivity index (χ3n) is 4.98. The van der Waals surface area contributed by atoms with Crippen molar-refractivity contribution in [1.29, 1.82) is 0 Å². The number of nitrogens with zero attached hydrogens (tertiary/aromatic N) is 2. The second kappa shape index (κ2) is 12.7. The van der Waals surface area contributed by atoms with Crippen LogP contribution >= 0.6 is 12.4 Å². The molecule has 0 saturated carbocycles. The van der Waals surface area contributed by atoms with E-state index in [1.807, 2.05) is 36.1 Å². The fraction of sp³-hybridized carbons (Fsp3) is 0.600. The van der Waals surface area contributed by atoms with Crippen molar-refractivity contribution in [3.05, 3.63) is 35.4 Å². The van der Waals surface area contributed by atoms with Gasteiger partial charge in [0.05, 0.1) is 19.7 Å². The minimum absolute atomic E-state index is 0. The molecule has 1 heterocycles. The number of benzene rings is 1. The third-order valence-corrected chi connectivity index (χ3v) is 4.98. The summed E-state index contributed by atoms with van der Waals surface area (Å²) in [5.74, 6) is -0.767. The van der Waals surface area contributed by atoms with Gasteiger partial charge < -0.3 is 15.2 Å². The molecule has 0 atom stereocenters. The van der Waals surface area contributed by atoms with Crippen molar-refractivity contribution in [3.63, 3.8) is 0 Å². The average molecular weight is 414 g/mol. The number of hydrogen-bond donors (Lipinski definition) is 2. The Hall–Kier alpha value is -1.67. The van der Waals surface area contributed by atoms with Gasteiger partial charge in [0.25, 0.3) is 0 Å². The Morgan fingerprint density at radius 3 is 2.57 bits per heavy atom. The van der Waals surface area contributed by atoms with Gasteiger partial charge in [-0.15, -0.1) is 12.4 Å². The maximum absolute atomic E-state index is 12.2. The molecule has 1 aliphatic heterocycles. The number of rotatable bonds is 10. The van der Waals surface area contributed by atoms with Crippen LogP contribution in [0.2, 0.25) is 0 Å². The molecule has 0 unspecified atom stereocenters. The van der Waals surface area contributed by atoms with Crippen molar-refractivity contribution >= 4 is 24.3 Å². The van der Waals surface area contributed by atoms with Crippen LogP contribution in [0.25, 0.3) is 0 Å². The average Bonchev–Trinajstić information content (AvgIpc) is 2.66. The molecule has 158 valence electrons. The highest BCUT2D eigenvalue weighted by Gasteiger charge is 2.25. The molecule has 2 rings (SSSR count). The van der Waals surface area contributed by atoms with Crippen LogP contribution in [0.4, 0.5) is 0 Å². The standard InChI is InChI=1S/C20H31N3O4.ClH/c1-3-23(14-20(25)26)18-7-9-22(10-8-18)13-19(24)21-12-16-5-4-6-17(11-16)15-27-2;/h4-6,11,18H,3,7-10,12-15H2,1-2H3,(H,21,24)(H,25,26);1H. The summed E-state index contributed by atoms with van der Waals surface area (Å²) in [7, 11) is 1.67. The van der Waals surface area contributed by atoms with Crippen LogP contribution in [0, 0.1) is 0 Å². The number of carboxylic acid groups (broad SMARTS) is 1. The van der Waals surface area contributed by atoms with Gasteiger partial charge in [0.15, 0.2) is 0 Å². The van der Waals surface area contributed by atoms with Crippen molar-refractivity contribution in [3.8, 4) is 0 Å². The number of carbonyl (C=O) groups excluding carboxylic acids is 1. The Morgan fingerprint density at radius 1 is 1.29 bits per heavy atom. The Labute approximate surface area is 173 Å². The minimum Gasteiger partial charge on any atom is -0.480 e. The topological polar surface area (TPSA) is 82.1 Å². The summed E-state index contributed by atoms with van der Waals surface area (Å²) in [6, 6.07) is 8.29. The number of likely N-dealkylation sites (tertiary alicyclic amines) is 1. The number of carbonyl (C=O) groups is 2. The Balaban J connectivity index is 0.00000392.